The molecule has 0 aliphatic carbocycles. The fourth-order valence-electron chi connectivity index (χ4n) is 4.23. The smallest absolute Gasteiger partial charge is 0.193 e. The van der Waals surface area contributed by atoms with Crippen LogP contribution in [0.5, 0.6) is 0 Å². The van der Waals surface area contributed by atoms with Gasteiger partial charge in [0, 0.05) is 49.7 Å². The van der Waals surface area contributed by atoms with Gasteiger partial charge in [-0.25, -0.2) is 0 Å². The first kappa shape index (κ1) is 20.5. The lowest BCUT2D eigenvalue weighted by molar-refractivity contribution is 0.0907. The summed E-state index contributed by atoms with van der Waals surface area (Å²) >= 11 is 0. The number of benzene rings is 2. The molecular weight excluding hydrogens is 372 g/mol. The maximum absolute atomic E-state index is 5.95. The number of likely N-dealkylation sites (tertiary alicyclic amines) is 1. The SMILES string of the molecule is CN=C(NCCc1c[nH]c2cc(C)ccc12)N1CCC(COCc2ccccc2)C1. The third-order valence-corrected chi connectivity index (χ3v) is 5.86. The summed E-state index contributed by atoms with van der Waals surface area (Å²) in [6.07, 6.45) is 4.25. The van der Waals surface area contributed by atoms with Crippen molar-refractivity contribution in [3.63, 3.8) is 0 Å². The Morgan fingerprint density at radius 1 is 1.23 bits per heavy atom. The lowest BCUT2D eigenvalue weighted by Crippen LogP contribution is -2.41. The summed E-state index contributed by atoms with van der Waals surface area (Å²) in [5, 5.41) is 4.86. The summed E-state index contributed by atoms with van der Waals surface area (Å²) in [4.78, 5) is 10.3. The minimum Gasteiger partial charge on any atom is -0.376 e. The van der Waals surface area contributed by atoms with Crippen molar-refractivity contribution < 1.29 is 4.74 Å². The molecule has 1 atom stereocenters. The standard InChI is InChI=1S/C25H32N4O/c1-19-8-9-23-22(15-28-24(23)14-19)10-12-27-25(26-2)29-13-11-21(16-29)18-30-17-20-6-4-3-5-7-20/h3-9,14-15,21,28H,10-13,16-18H2,1-2H3,(H,26,27). The second kappa shape index (κ2) is 9.81. The zero-order chi connectivity index (χ0) is 20.8. The summed E-state index contributed by atoms with van der Waals surface area (Å²) in [6.45, 7) is 6.53. The van der Waals surface area contributed by atoms with E-state index in [2.05, 4.69) is 75.8 Å². The summed E-state index contributed by atoms with van der Waals surface area (Å²) < 4.78 is 5.95. The van der Waals surface area contributed by atoms with E-state index >= 15 is 0 Å². The van der Waals surface area contributed by atoms with E-state index in [0.29, 0.717) is 12.5 Å². The molecule has 1 fully saturated rings. The fourth-order valence-corrected chi connectivity index (χ4v) is 4.23. The molecule has 2 heterocycles. The number of hydrogen-bond acceptors (Lipinski definition) is 2. The number of aromatic amines is 1. The number of fused-ring (bicyclic) bond motifs is 1. The maximum Gasteiger partial charge on any atom is 0.193 e. The van der Waals surface area contributed by atoms with Crippen LogP contribution in [0.4, 0.5) is 0 Å². The summed E-state index contributed by atoms with van der Waals surface area (Å²) in [6, 6.07) is 17.0. The molecule has 3 aromatic rings. The van der Waals surface area contributed by atoms with E-state index in [9.17, 15) is 0 Å². The van der Waals surface area contributed by atoms with Crippen LogP contribution < -0.4 is 5.32 Å². The first-order valence-electron chi connectivity index (χ1n) is 10.9. The van der Waals surface area contributed by atoms with E-state index < -0.39 is 0 Å². The van der Waals surface area contributed by atoms with Gasteiger partial charge in [-0.05, 0) is 42.5 Å². The fraction of sp³-hybridized carbons (Fsp3) is 0.400. The van der Waals surface area contributed by atoms with Crippen molar-refractivity contribution in [2.45, 2.75) is 26.4 Å². The molecule has 1 aliphatic heterocycles. The molecule has 1 aliphatic rings. The predicted octanol–water partition coefficient (Wildman–Crippen LogP) is 4.13. The molecule has 1 saturated heterocycles. The normalized spacial score (nSPS) is 17.1. The Kier molecular flexibility index (Phi) is 6.70. The quantitative estimate of drug-likeness (QED) is 0.460. The molecule has 2 N–H and O–H groups in total. The van der Waals surface area contributed by atoms with Crippen molar-refractivity contribution in [3.05, 3.63) is 71.4 Å². The van der Waals surface area contributed by atoms with Crippen molar-refractivity contribution in [1.29, 1.82) is 0 Å². The van der Waals surface area contributed by atoms with Gasteiger partial charge >= 0.3 is 0 Å². The molecule has 0 bridgehead atoms. The number of rotatable bonds is 7. The van der Waals surface area contributed by atoms with Crippen LogP contribution in [0.2, 0.25) is 0 Å². The van der Waals surface area contributed by atoms with E-state index in [-0.39, 0.29) is 0 Å². The lowest BCUT2D eigenvalue weighted by Gasteiger charge is -2.21. The van der Waals surface area contributed by atoms with Crippen LogP contribution >= 0.6 is 0 Å². The largest absolute Gasteiger partial charge is 0.376 e. The minimum absolute atomic E-state index is 0.559. The number of aromatic nitrogens is 1. The topological polar surface area (TPSA) is 52.7 Å². The monoisotopic (exact) mass is 404 g/mol. The number of guanidine groups is 1. The number of aliphatic imine (C=N–C) groups is 1. The summed E-state index contributed by atoms with van der Waals surface area (Å²) in [7, 11) is 1.87. The van der Waals surface area contributed by atoms with Gasteiger partial charge < -0.3 is 19.9 Å². The van der Waals surface area contributed by atoms with Crippen molar-refractivity contribution >= 4 is 16.9 Å². The molecular formula is C25H32N4O. The highest BCUT2D eigenvalue weighted by molar-refractivity contribution is 5.84. The summed E-state index contributed by atoms with van der Waals surface area (Å²) in [5.41, 5.74) is 5.08. The second-order valence-electron chi connectivity index (χ2n) is 8.19. The number of ether oxygens (including phenoxy) is 1. The van der Waals surface area contributed by atoms with Gasteiger partial charge in [0.2, 0.25) is 0 Å². The number of H-pyrrole nitrogens is 1. The van der Waals surface area contributed by atoms with Crippen LogP contribution in [0.3, 0.4) is 0 Å². The minimum atomic E-state index is 0.559. The Bertz CT molecular complexity index is 979. The van der Waals surface area contributed by atoms with Crippen LogP contribution in [0, 0.1) is 12.8 Å². The van der Waals surface area contributed by atoms with E-state index in [0.717, 1.165) is 45.0 Å². The van der Waals surface area contributed by atoms with Gasteiger partial charge in [0.25, 0.3) is 0 Å². The zero-order valence-electron chi connectivity index (χ0n) is 18.0. The molecule has 4 rings (SSSR count). The van der Waals surface area contributed by atoms with Gasteiger partial charge in [0.15, 0.2) is 5.96 Å². The molecule has 30 heavy (non-hydrogen) atoms. The zero-order valence-corrected chi connectivity index (χ0v) is 18.0. The molecule has 158 valence electrons. The average Bonchev–Trinajstić information content (AvgIpc) is 3.39. The maximum atomic E-state index is 5.95. The van der Waals surface area contributed by atoms with Crippen LogP contribution in [-0.2, 0) is 17.8 Å². The third-order valence-electron chi connectivity index (χ3n) is 5.86. The molecule has 0 spiro atoms. The van der Waals surface area contributed by atoms with Crippen LogP contribution in [-0.4, -0.2) is 49.1 Å². The number of hydrogen-bond donors (Lipinski definition) is 2. The molecule has 1 unspecified atom stereocenters. The van der Waals surface area contributed by atoms with Crippen LogP contribution in [0.15, 0.2) is 59.7 Å². The Morgan fingerprint density at radius 2 is 2.10 bits per heavy atom. The Labute approximate surface area is 179 Å². The molecule has 0 amide bonds. The number of nitrogens with one attached hydrogen (secondary N) is 2. The Morgan fingerprint density at radius 3 is 2.93 bits per heavy atom. The lowest BCUT2D eigenvalue weighted by atomic mass is 10.1. The Balaban J connectivity index is 1.22. The molecule has 2 aromatic carbocycles. The average molecular weight is 405 g/mol. The highest BCUT2D eigenvalue weighted by Crippen LogP contribution is 2.20. The number of nitrogens with zero attached hydrogens (tertiary/aromatic N) is 2. The van der Waals surface area contributed by atoms with E-state index in [1.165, 1.54) is 27.6 Å². The third kappa shape index (κ3) is 5.03. The van der Waals surface area contributed by atoms with Gasteiger partial charge in [-0.15, -0.1) is 0 Å². The van der Waals surface area contributed by atoms with Gasteiger partial charge in [-0.1, -0.05) is 42.5 Å². The molecule has 5 nitrogen and oxygen atoms in total. The van der Waals surface area contributed by atoms with Crippen LogP contribution in [0.25, 0.3) is 10.9 Å². The van der Waals surface area contributed by atoms with Gasteiger partial charge in [-0.3, -0.25) is 4.99 Å². The van der Waals surface area contributed by atoms with E-state index in [1.807, 2.05) is 13.1 Å². The molecule has 1 aromatic heterocycles. The highest BCUT2D eigenvalue weighted by Gasteiger charge is 2.24. The predicted molar refractivity (Wildman–Crippen MR) is 124 cm³/mol. The van der Waals surface area contributed by atoms with Crippen molar-refractivity contribution in [3.8, 4) is 0 Å². The first-order valence-corrected chi connectivity index (χ1v) is 10.9. The highest BCUT2D eigenvalue weighted by atomic mass is 16.5. The molecule has 0 saturated carbocycles. The Hall–Kier alpha value is -2.79. The van der Waals surface area contributed by atoms with Gasteiger partial charge in [0.05, 0.1) is 13.2 Å². The van der Waals surface area contributed by atoms with Crippen LogP contribution in [0.1, 0.15) is 23.1 Å². The number of aryl methyl sites for hydroxylation is 1. The first-order chi connectivity index (χ1) is 14.7. The second-order valence-corrected chi connectivity index (χ2v) is 8.19. The van der Waals surface area contributed by atoms with Crippen molar-refractivity contribution in [1.82, 2.24) is 15.2 Å². The molecule has 0 radical (unpaired) electrons. The van der Waals surface area contributed by atoms with Gasteiger partial charge in [0.1, 0.15) is 0 Å². The molecule has 5 heteroatoms. The van der Waals surface area contributed by atoms with Gasteiger partial charge in [-0.2, -0.15) is 0 Å². The van der Waals surface area contributed by atoms with Crippen molar-refractivity contribution in [2.75, 3.05) is 33.3 Å². The van der Waals surface area contributed by atoms with E-state index in [1.54, 1.807) is 0 Å². The summed E-state index contributed by atoms with van der Waals surface area (Å²) in [5.74, 6) is 1.56. The van der Waals surface area contributed by atoms with Crippen molar-refractivity contribution in [2.24, 2.45) is 10.9 Å². The van der Waals surface area contributed by atoms with E-state index in [4.69, 9.17) is 4.74 Å².